The summed E-state index contributed by atoms with van der Waals surface area (Å²) >= 11 is 0. The van der Waals surface area contributed by atoms with E-state index in [2.05, 4.69) is 36.3 Å². The Kier molecular flexibility index (Phi) is 7.08. The summed E-state index contributed by atoms with van der Waals surface area (Å²) in [5.41, 5.74) is 1.31. The standard InChI is InChI=1S/C16H27N3O3/c1-16(2,3)13-11-12(18-19-13)15(22)17-10-8-6-4-5-7-9-14(20)21/h11H,4-10H2,1-3H3,(H,17,22)(H,18,19)(H,20,21). The molecule has 1 amide bonds. The van der Waals surface area contributed by atoms with Crippen molar-refractivity contribution < 1.29 is 14.7 Å². The number of carboxylic acid groups (broad SMARTS) is 1. The van der Waals surface area contributed by atoms with Gasteiger partial charge in [-0.15, -0.1) is 0 Å². The van der Waals surface area contributed by atoms with Crippen molar-refractivity contribution in [2.75, 3.05) is 6.54 Å². The highest BCUT2D eigenvalue weighted by atomic mass is 16.4. The van der Waals surface area contributed by atoms with Gasteiger partial charge in [-0.3, -0.25) is 14.7 Å². The normalized spacial score (nSPS) is 11.4. The second-order valence-electron chi connectivity index (χ2n) is 6.58. The molecule has 0 saturated carbocycles. The third kappa shape index (κ3) is 6.74. The van der Waals surface area contributed by atoms with E-state index in [0.717, 1.165) is 37.8 Å². The maximum absolute atomic E-state index is 11.9. The Bertz CT molecular complexity index is 489. The molecule has 0 aliphatic rings. The molecule has 1 rings (SSSR count). The van der Waals surface area contributed by atoms with E-state index >= 15 is 0 Å². The van der Waals surface area contributed by atoms with Crippen LogP contribution >= 0.6 is 0 Å². The van der Waals surface area contributed by atoms with Crippen molar-refractivity contribution in [2.24, 2.45) is 0 Å². The maximum Gasteiger partial charge on any atom is 0.303 e. The van der Waals surface area contributed by atoms with Crippen molar-refractivity contribution >= 4 is 11.9 Å². The number of hydrogen-bond acceptors (Lipinski definition) is 3. The van der Waals surface area contributed by atoms with E-state index in [1.165, 1.54) is 0 Å². The summed E-state index contributed by atoms with van der Waals surface area (Å²) < 4.78 is 0. The first-order valence-corrected chi connectivity index (χ1v) is 7.86. The molecule has 22 heavy (non-hydrogen) atoms. The van der Waals surface area contributed by atoms with Crippen LogP contribution in [0.3, 0.4) is 0 Å². The predicted octanol–water partition coefficient (Wildman–Crippen LogP) is 2.86. The Morgan fingerprint density at radius 3 is 2.41 bits per heavy atom. The third-order valence-electron chi connectivity index (χ3n) is 3.47. The minimum Gasteiger partial charge on any atom is -0.481 e. The highest BCUT2D eigenvalue weighted by molar-refractivity contribution is 5.92. The number of aromatic amines is 1. The van der Waals surface area contributed by atoms with Crippen LogP contribution in [0.15, 0.2) is 6.07 Å². The molecular formula is C16H27N3O3. The number of H-pyrrole nitrogens is 1. The van der Waals surface area contributed by atoms with Crippen LogP contribution in [0.1, 0.15) is 75.5 Å². The fraction of sp³-hybridized carbons (Fsp3) is 0.688. The zero-order chi connectivity index (χ0) is 16.6. The molecule has 6 nitrogen and oxygen atoms in total. The lowest BCUT2D eigenvalue weighted by molar-refractivity contribution is -0.137. The monoisotopic (exact) mass is 309 g/mol. The number of unbranched alkanes of at least 4 members (excludes halogenated alkanes) is 4. The molecule has 124 valence electrons. The number of rotatable bonds is 9. The molecule has 0 bridgehead atoms. The van der Waals surface area contributed by atoms with Crippen molar-refractivity contribution in [1.82, 2.24) is 15.5 Å². The number of nitrogens with zero attached hydrogens (tertiary/aromatic N) is 1. The summed E-state index contributed by atoms with van der Waals surface area (Å²) in [6.45, 7) is 6.81. The molecule has 0 aromatic carbocycles. The number of carbonyl (C=O) groups excluding carboxylic acids is 1. The Morgan fingerprint density at radius 1 is 1.18 bits per heavy atom. The summed E-state index contributed by atoms with van der Waals surface area (Å²) in [5.74, 6) is -0.890. The Morgan fingerprint density at radius 2 is 1.82 bits per heavy atom. The van der Waals surface area contributed by atoms with Gasteiger partial charge in [-0.25, -0.2) is 0 Å². The van der Waals surface area contributed by atoms with Gasteiger partial charge >= 0.3 is 5.97 Å². The second-order valence-corrected chi connectivity index (χ2v) is 6.58. The molecule has 0 radical (unpaired) electrons. The van der Waals surface area contributed by atoms with E-state index in [0.29, 0.717) is 12.2 Å². The second kappa shape index (κ2) is 8.56. The average Bonchev–Trinajstić information content (AvgIpc) is 2.91. The largest absolute Gasteiger partial charge is 0.481 e. The molecule has 0 atom stereocenters. The number of nitrogens with one attached hydrogen (secondary N) is 2. The summed E-state index contributed by atoms with van der Waals surface area (Å²) in [5, 5.41) is 18.3. The molecule has 0 aliphatic heterocycles. The SMILES string of the molecule is CC(C)(C)c1cc(C(=O)NCCCCCCCC(=O)O)n[nH]1. The van der Waals surface area contributed by atoms with Gasteiger partial charge in [0.05, 0.1) is 0 Å². The first-order chi connectivity index (χ1) is 10.3. The Balaban J connectivity index is 2.16. The summed E-state index contributed by atoms with van der Waals surface area (Å²) in [6.07, 6.45) is 4.79. The molecule has 0 fully saturated rings. The van der Waals surface area contributed by atoms with Gasteiger partial charge in [0.15, 0.2) is 0 Å². The first kappa shape index (κ1) is 18.2. The van der Waals surface area contributed by atoms with E-state index in [-0.39, 0.29) is 17.7 Å². The molecule has 1 aromatic rings. The molecule has 1 aromatic heterocycles. The molecule has 6 heteroatoms. The van der Waals surface area contributed by atoms with E-state index in [1.807, 2.05) is 0 Å². The molecular weight excluding hydrogens is 282 g/mol. The number of carboxylic acids is 1. The molecule has 0 unspecified atom stereocenters. The third-order valence-corrected chi connectivity index (χ3v) is 3.47. The molecule has 0 aliphatic carbocycles. The van der Waals surface area contributed by atoms with Gasteiger partial charge in [-0.2, -0.15) is 5.10 Å². The lowest BCUT2D eigenvalue weighted by atomic mass is 9.92. The number of aliphatic carboxylic acids is 1. The van der Waals surface area contributed by atoms with Gasteiger partial charge in [0.25, 0.3) is 5.91 Å². The molecule has 3 N–H and O–H groups in total. The zero-order valence-corrected chi connectivity index (χ0v) is 13.7. The van der Waals surface area contributed by atoms with Crippen LogP contribution < -0.4 is 5.32 Å². The van der Waals surface area contributed by atoms with Gasteiger partial charge in [0.2, 0.25) is 0 Å². The van der Waals surface area contributed by atoms with E-state index < -0.39 is 5.97 Å². The van der Waals surface area contributed by atoms with Crippen molar-refractivity contribution in [3.63, 3.8) is 0 Å². The highest BCUT2D eigenvalue weighted by Crippen LogP contribution is 2.20. The fourth-order valence-electron chi connectivity index (χ4n) is 2.05. The lowest BCUT2D eigenvalue weighted by Gasteiger charge is -2.14. The Hall–Kier alpha value is -1.85. The number of carbonyl (C=O) groups is 2. The smallest absolute Gasteiger partial charge is 0.303 e. The van der Waals surface area contributed by atoms with Crippen LogP contribution in [0.4, 0.5) is 0 Å². The van der Waals surface area contributed by atoms with Crippen LogP contribution in [0.2, 0.25) is 0 Å². The van der Waals surface area contributed by atoms with E-state index in [4.69, 9.17) is 5.11 Å². The van der Waals surface area contributed by atoms with E-state index in [9.17, 15) is 9.59 Å². The predicted molar refractivity (Wildman–Crippen MR) is 85.0 cm³/mol. The van der Waals surface area contributed by atoms with Gasteiger partial charge in [0.1, 0.15) is 5.69 Å². The van der Waals surface area contributed by atoms with Crippen LogP contribution in [0.25, 0.3) is 0 Å². The number of hydrogen-bond donors (Lipinski definition) is 3. The zero-order valence-electron chi connectivity index (χ0n) is 13.7. The van der Waals surface area contributed by atoms with Crippen molar-refractivity contribution in [3.8, 4) is 0 Å². The molecule has 0 spiro atoms. The fourth-order valence-corrected chi connectivity index (χ4v) is 2.05. The molecule has 0 saturated heterocycles. The van der Waals surface area contributed by atoms with Crippen LogP contribution in [0.5, 0.6) is 0 Å². The van der Waals surface area contributed by atoms with Gasteiger partial charge in [0, 0.05) is 24.1 Å². The van der Waals surface area contributed by atoms with Crippen molar-refractivity contribution in [2.45, 2.75) is 64.7 Å². The first-order valence-electron chi connectivity index (χ1n) is 7.86. The number of amides is 1. The van der Waals surface area contributed by atoms with Gasteiger partial charge in [-0.05, 0) is 18.9 Å². The van der Waals surface area contributed by atoms with Gasteiger partial charge in [-0.1, -0.05) is 40.0 Å². The summed E-state index contributed by atoms with van der Waals surface area (Å²) in [7, 11) is 0. The summed E-state index contributed by atoms with van der Waals surface area (Å²) in [4.78, 5) is 22.3. The van der Waals surface area contributed by atoms with Gasteiger partial charge < -0.3 is 10.4 Å². The van der Waals surface area contributed by atoms with Crippen LogP contribution in [-0.4, -0.2) is 33.7 Å². The van der Waals surface area contributed by atoms with Crippen LogP contribution in [0, 0.1) is 0 Å². The average molecular weight is 309 g/mol. The van der Waals surface area contributed by atoms with Crippen molar-refractivity contribution in [1.29, 1.82) is 0 Å². The minimum atomic E-state index is -0.735. The maximum atomic E-state index is 11.9. The quantitative estimate of drug-likeness (QED) is 0.611. The topological polar surface area (TPSA) is 95.1 Å². The van der Waals surface area contributed by atoms with E-state index in [1.54, 1.807) is 6.07 Å². The van der Waals surface area contributed by atoms with Crippen LogP contribution in [-0.2, 0) is 10.2 Å². The lowest BCUT2D eigenvalue weighted by Crippen LogP contribution is -2.24. The number of aromatic nitrogens is 2. The minimum absolute atomic E-state index is 0.0541. The Labute approximate surface area is 131 Å². The molecule has 1 heterocycles. The van der Waals surface area contributed by atoms with Crippen molar-refractivity contribution in [3.05, 3.63) is 17.5 Å². The highest BCUT2D eigenvalue weighted by Gasteiger charge is 2.18. The summed E-state index contributed by atoms with van der Waals surface area (Å²) in [6, 6.07) is 1.79.